The Kier molecular flexibility index (Phi) is 7.82. The molecular formula is C28H38N6O2. The first-order valence-corrected chi connectivity index (χ1v) is 12.8. The van der Waals surface area contributed by atoms with E-state index in [0.29, 0.717) is 29.9 Å². The molecule has 1 unspecified atom stereocenters. The molecule has 1 saturated heterocycles. The second-order valence-electron chi connectivity index (χ2n) is 10.3. The molecule has 8 nitrogen and oxygen atoms in total. The average molecular weight is 491 g/mol. The fraction of sp³-hybridized carbons (Fsp3) is 0.536. The minimum absolute atomic E-state index is 0.0254. The summed E-state index contributed by atoms with van der Waals surface area (Å²) in [6.07, 6.45) is 7.34. The maximum absolute atomic E-state index is 9.59. The highest BCUT2D eigenvalue weighted by molar-refractivity contribution is 5.85. The molecule has 0 radical (unpaired) electrons. The SMILES string of the molecule is CCOc1cc(-c2ccc(N3CCC(C)(C(N[C@H](C)C(C)C)OC)CC3)nc2)c2c(C#N)cnn2c1. The van der Waals surface area contributed by atoms with Crippen molar-refractivity contribution in [3.05, 3.63) is 42.4 Å². The van der Waals surface area contributed by atoms with Gasteiger partial charge in [0.25, 0.3) is 0 Å². The molecule has 0 bridgehead atoms. The van der Waals surface area contributed by atoms with Crippen molar-refractivity contribution in [2.45, 2.75) is 59.7 Å². The Morgan fingerprint density at radius 2 is 1.94 bits per heavy atom. The van der Waals surface area contributed by atoms with Gasteiger partial charge in [0.05, 0.1) is 30.1 Å². The molecule has 0 spiro atoms. The fourth-order valence-corrected chi connectivity index (χ4v) is 4.87. The number of nitrogens with one attached hydrogen (secondary N) is 1. The van der Waals surface area contributed by atoms with Crippen LogP contribution in [0.25, 0.3) is 16.6 Å². The molecule has 2 atom stereocenters. The van der Waals surface area contributed by atoms with Crippen molar-refractivity contribution in [2.75, 3.05) is 31.7 Å². The van der Waals surface area contributed by atoms with Gasteiger partial charge in [0.1, 0.15) is 23.9 Å². The summed E-state index contributed by atoms with van der Waals surface area (Å²) in [5.41, 5.74) is 3.16. The molecule has 0 saturated carbocycles. The molecule has 3 aromatic heterocycles. The van der Waals surface area contributed by atoms with Gasteiger partial charge in [-0.3, -0.25) is 5.32 Å². The number of anilines is 1. The van der Waals surface area contributed by atoms with Crippen LogP contribution >= 0.6 is 0 Å². The third kappa shape index (κ3) is 5.18. The van der Waals surface area contributed by atoms with Gasteiger partial charge in [0.15, 0.2) is 0 Å². The second kappa shape index (κ2) is 10.9. The third-order valence-electron chi connectivity index (χ3n) is 7.59. The number of aromatic nitrogens is 3. The third-order valence-corrected chi connectivity index (χ3v) is 7.59. The van der Waals surface area contributed by atoms with Gasteiger partial charge in [-0.05, 0) is 50.8 Å². The second-order valence-corrected chi connectivity index (χ2v) is 10.3. The number of nitriles is 1. The van der Waals surface area contributed by atoms with Gasteiger partial charge in [0.2, 0.25) is 0 Å². The maximum atomic E-state index is 9.59. The highest BCUT2D eigenvalue weighted by Crippen LogP contribution is 2.37. The van der Waals surface area contributed by atoms with Gasteiger partial charge in [-0.15, -0.1) is 0 Å². The molecule has 1 N–H and O–H groups in total. The number of hydrogen-bond donors (Lipinski definition) is 1. The number of nitrogens with zero attached hydrogens (tertiary/aromatic N) is 5. The number of hydrogen-bond acceptors (Lipinski definition) is 7. The summed E-state index contributed by atoms with van der Waals surface area (Å²) in [6, 6.07) is 8.73. The molecule has 8 heteroatoms. The van der Waals surface area contributed by atoms with E-state index in [1.54, 1.807) is 24.0 Å². The summed E-state index contributed by atoms with van der Waals surface area (Å²) in [5.74, 6) is 2.22. The van der Waals surface area contributed by atoms with E-state index in [1.165, 1.54) is 0 Å². The molecule has 36 heavy (non-hydrogen) atoms. The van der Waals surface area contributed by atoms with E-state index >= 15 is 0 Å². The van der Waals surface area contributed by atoms with Crippen LogP contribution in [-0.2, 0) is 4.74 Å². The predicted molar refractivity (Wildman–Crippen MR) is 142 cm³/mol. The van der Waals surface area contributed by atoms with Gasteiger partial charge in [0, 0.05) is 49.0 Å². The highest BCUT2D eigenvalue weighted by atomic mass is 16.5. The lowest BCUT2D eigenvalue weighted by molar-refractivity contribution is -0.0480. The summed E-state index contributed by atoms with van der Waals surface area (Å²) >= 11 is 0. The zero-order chi connectivity index (χ0) is 25.9. The minimum Gasteiger partial charge on any atom is -0.492 e. The Morgan fingerprint density at radius 3 is 2.53 bits per heavy atom. The standard InChI is InChI=1S/C28H38N6O2/c1-7-36-23-14-24(26-22(15-29)17-31-34(26)18-23)21-8-9-25(30-16-21)33-12-10-28(5,11-13-33)27(35-6)32-20(4)19(2)3/h8-9,14,16-20,27,32H,7,10-13H2,1-6H3/t20-,27?/m1/s1. The number of methoxy groups -OCH3 is 1. The van der Waals surface area contributed by atoms with Gasteiger partial charge < -0.3 is 14.4 Å². The van der Waals surface area contributed by atoms with E-state index in [4.69, 9.17) is 14.5 Å². The van der Waals surface area contributed by atoms with Crippen LogP contribution in [-0.4, -0.2) is 53.7 Å². The number of rotatable bonds is 9. The summed E-state index contributed by atoms with van der Waals surface area (Å²) < 4.78 is 13.4. The fourth-order valence-electron chi connectivity index (χ4n) is 4.87. The smallest absolute Gasteiger partial charge is 0.138 e. The molecule has 4 heterocycles. The molecular weight excluding hydrogens is 452 g/mol. The monoisotopic (exact) mass is 490 g/mol. The van der Waals surface area contributed by atoms with Crippen LogP contribution in [0.1, 0.15) is 53.0 Å². The number of pyridine rings is 2. The highest BCUT2D eigenvalue weighted by Gasteiger charge is 2.39. The summed E-state index contributed by atoms with van der Waals surface area (Å²) in [7, 11) is 1.80. The van der Waals surface area contributed by atoms with E-state index < -0.39 is 0 Å². The van der Waals surface area contributed by atoms with Gasteiger partial charge in [-0.2, -0.15) is 10.4 Å². The van der Waals surface area contributed by atoms with Crippen LogP contribution in [0.3, 0.4) is 0 Å². The molecule has 0 aliphatic carbocycles. The van der Waals surface area contributed by atoms with Gasteiger partial charge in [-0.1, -0.05) is 20.8 Å². The molecule has 1 aliphatic heterocycles. The van der Waals surface area contributed by atoms with Crippen LogP contribution in [0, 0.1) is 22.7 Å². The van der Waals surface area contributed by atoms with E-state index in [0.717, 1.165) is 48.4 Å². The van der Waals surface area contributed by atoms with Crippen LogP contribution in [0.5, 0.6) is 5.75 Å². The first-order valence-electron chi connectivity index (χ1n) is 12.8. The van der Waals surface area contributed by atoms with Crippen molar-refractivity contribution in [1.82, 2.24) is 19.9 Å². The molecule has 0 aromatic carbocycles. The lowest BCUT2D eigenvalue weighted by Gasteiger charge is -2.45. The number of ether oxygens (including phenoxy) is 2. The number of piperidine rings is 1. The van der Waals surface area contributed by atoms with Crippen molar-refractivity contribution in [3.63, 3.8) is 0 Å². The first kappa shape index (κ1) is 25.9. The Hall–Kier alpha value is -3.15. The molecule has 0 amide bonds. The van der Waals surface area contributed by atoms with Crippen LogP contribution in [0.2, 0.25) is 0 Å². The van der Waals surface area contributed by atoms with E-state index in [-0.39, 0.29) is 11.6 Å². The number of fused-ring (bicyclic) bond motifs is 1. The van der Waals surface area contributed by atoms with Gasteiger partial charge in [-0.25, -0.2) is 9.50 Å². The lowest BCUT2D eigenvalue weighted by Crippen LogP contribution is -2.54. The average Bonchev–Trinajstić information content (AvgIpc) is 3.30. The van der Waals surface area contributed by atoms with Crippen molar-refractivity contribution in [1.29, 1.82) is 5.26 Å². The van der Waals surface area contributed by atoms with Crippen molar-refractivity contribution in [2.24, 2.45) is 11.3 Å². The van der Waals surface area contributed by atoms with Crippen LogP contribution in [0.4, 0.5) is 5.82 Å². The van der Waals surface area contributed by atoms with Crippen LogP contribution < -0.4 is 15.0 Å². The minimum atomic E-state index is 0.0254. The summed E-state index contributed by atoms with van der Waals surface area (Å²) in [4.78, 5) is 7.15. The maximum Gasteiger partial charge on any atom is 0.138 e. The molecule has 4 rings (SSSR count). The Bertz CT molecular complexity index is 1210. The summed E-state index contributed by atoms with van der Waals surface area (Å²) in [6.45, 7) is 13.4. The summed E-state index contributed by atoms with van der Waals surface area (Å²) in [5, 5.41) is 17.6. The van der Waals surface area contributed by atoms with Crippen molar-refractivity contribution >= 4 is 11.3 Å². The molecule has 1 fully saturated rings. The largest absolute Gasteiger partial charge is 0.492 e. The Balaban J connectivity index is 1.52. The van der Waals surface area contributed by atoms with Crippen molar-refractivity contribution in [3.8, 4) is 22.9 Å². The Morgan fingerprint density at radius 1 is 1.19 bits per heavy atom. The predicted octanol–water partition coefficient (Wildman–Crippen LogP) is 4.88. The van der Waals surface area contributed by atoms with E-state index in [2.05, 4.69) is 61.2 Å². The van der Waals surface area contributed by atoms with E-state index in [1.807, 2.05) is 19.2 Å². The topological polar surface area (TPSA) is 87.7 Å². The van der Waals surface area contributed by atoms with Crippen LogP contribution in [0.15, 0.2) is 36.8 Å². The molecule has 1 aliphatic rings. The molecule has 3 aromatic rings. The Labute approximate surface area is 214 Å². The first-order chi connectivity index (χ1) is 17.3. The zero-order valence-corrected chi connectivity index (χ0v) is 22.3. The van der Waals surface area contributed by atoms with Gasteiger partial charge >= 0.3 is 0 Å². The van der Waals surface area contributed by atoms with E-state index in [9.17, 15) is 5.26 Å². The lowest BCUT2D eigenvalue weighted by atomic mass is 9.78. The quantitative estimate of drug-likeness (QED) is 0.428. The van der Waals surface area contributed by atoms with Crippen molar-refractivity contribution < 1.29 is 9.47 Å². The zero-order valence-electron chi connectivity index (χ0n) is 22.3. The normalized spacial score (nSPS) is 17.2. The molecule has 192 valence electrons.